The van der Waals surface area contributed by atoms with Gasteiger partial charge in [-0.1, -0.05) is 18.2 Å². The lowest BCUT2D eigenvalue weighted by molar-refractivity contribution is 0.476. The Kier molecular flexibility index (Phi) is 6.69. The maximum Gasteiger partial charge on any atom is 0.194 e. The number of rotatable bonds is 5. The van der Waals surface area contributed by atoms with Crippen LogP contribution in [0.2, 0.25) is 0 Å². The Morgan fingerprint density at radius 1 is 1.15 bits per heavy atom. The Hall–Kier alpha value is -2.56. The third kappa shape index (κ3) is 5.22. The normalized spacial score (nSPS) is 14.9. The van der Waals surface area contributed by atoms with Crippen molar-refractivity contribution in [3.8, 4) is 0 Å². The molecule has 1 fully saturated rings. The maximum atomic E-state index is 4.44. The lowest BCUT2D eigenvalue weighted by atomic mass is 10.1. The molecule has 1 aromatic carbocycles. The van der Waals surface area contributed by atoms with E-state index >= 15 is 0 Å². The Labute approximate surface area is 163 Å². The highest BCUT2D eigenvalue weighted by Crippen LogP contribution is 2.20. The zero-order valence-corrected chi connectivity index (χ0v) is 16.8. The van der Waals surface area contributed by atoms with Gasteiger partial charge in [-0.15, -0.1) is 0 Å². The number of aliphatic imine (C=N–C) groups is 1. The average Bonchev–Trinajstić information content (AvgIpc) is 2.71. The van der Waals surface area contributed by atoms with Gasteiger partial charge < -0.3 is 15.1 Å². The lowest BCUT2D eigenvalue weighted by Gasteiger charge is -2.29. The molecule has 0 radical (unpaired) electrons. The number of piperidine rings is 1. The SMILES string of the molecule is CN=C(NCc1ncccc1C)N(C)Cc1ccc(N2CCCCC2)cc1. The van der Waals surface area contributed by atoms with Crippen molar-refractivity contribution in [3.63, 3.8) is 0 Å². The molecule has 1 aromatic heterocycles. The molecule has 0 saturated carbocycles. The van der Waals surface area contributed by atoms with Crippen molar-refractivity contribution >= 4 is 11.6 Å². The zero-order valence-electron chi connectivity index (χ0n) is 16.8. The van der Waals surface area contributed by atoms with Gasteiger partial charge in [0.25, 0.3) is 0 Å². The molecule has 5 nitrogen and oxygen atoms in total. The second-order valence-electron chi connectivity index (χ2n) is 7.24. The number of aryl methyl sites for hydroxylation is 1. The van der Waals surface area contributed by atoms with Gasteiger partial charge in [-0.2, -0.15) is 0 Å². The number of pyridine rings is 1. The van der Waals surface area contributed by atoms with Gasteiger partial charge in [0.05, 0.1) is 12.2 Å². The summed E-state index contributed by atoms with van der Waals surface area (Å²) in [5.74, 6) is 0.875. The number of nitrogens with one attached hydrogen (secondary N) is 1. The van der Waals surface area contributed by atoms with Gasteiger partial charge in [0, 0.05) is 45.6 Å². The van der Waals surface area contributed by atoms with Crippen molar-refractivity contribution in [3.05, 3.63) is 59.4 Å². The van der Waals surface area contributed by atoms with Crippen LogP contribution in [0.4, 0.5) is 5.69 Å². The summed E-state index contributed by atoms with van der Waals surface area (Å²) in [4.78, 5) is 13.5. The van der Waals surface area contributed by atoms with Crippen LogP contribution in [-0.2, 0) is 13.1 Å². The van der Waals surface area contributed by atoms with Crippen molar-refractivity contribution in [2.24, 2.45) is 4.99 Å². The number of nitrogens with zero attached hydrogens (tertiary/aromatic N) is 4. The molecular weight excluding hydrogens is 334 g/mol. The van der Waals surface area contributed by atoms with E-state index in [4.69, 9.17) is 0 Å². The molecule has 2 heterocycles. The molecule has 5 heteroatoms. The van der Waals surface area contributed by atoms with Crippen molar-refractivity contribution in [2.45, 2.75) is 39.3 Å². The van der Waals surface area contributed by atoms with E-state index in [0.717, 1.165) is 18.2 Å². The third-order valence-electron chi connectivity index (χ3n) is 5.18. The topological polar surface area (TPSA) is 43.8 Å². The first-order valence-corrected chi connectivity index (χ1v) is 9.83. The Morgan fingerprint density at radius 3 is 2.56 bits per heavy atom. The monoisotopic (exact) mass is 365 g/mol. The standard InChI is InChI=1S/C22H31N5/c1-18-8-7-13-24-21(18)16-25-22(23-2)26(3)17-19-9-11-20(12-10-19)27-14-5-4-6-15-27/h7-13H,4-6,14-17H2,1-3H3,(H,23,25). The van der Waals surface area contributed by atoms with Crippen LogP contribution in [0.15, 0.2) is 47.6 Å². The summed E-state index contributed by atoms with van der Waals surface area (Å²) in [5.41, 5.74) is 4.87. The van der Waals surface area contributed by atoms with Gasteiger partial charge in [0.2, 0.25) is 0 Å². The molecule has 1 aliphatic rings. The number of hydrogen-bond acceptors (Lipinski definition) is 3. The van der Waals surface area contributed by atoms with Crippen LogP contribution in [0.3, 0.4) is 0 Å². The molecule has 1 N–H and O–H groups in total. The fraction of sp³-hybridized carbons (Fsp3) is 0.455. The van der Waals surface area contributed by atoms with Crippen LogP contribution >= 0.6 is 0 Å². The molecule has 1 saturated heterocycles. The minimum Gasteiger partial charge on any atom is -0.372 e. The van der Waals surface area contributed by atoms with Gasteiger partial charge in [0.1, 0.15) is 0 Å². The van der Waals surface area contributed by atoms with E-state index < -0.39 is 0 Å². The van der Waals surface area contributed by atoms with E-state index in [9.17, 15) is 0 Å². The highest BCUT2D eigenvalue weighted by atomic mass is 15.3. The predicted octanol–water partition coefficient (Wildman–Crippen LogP) is 3.59. The third-order valence-corrected chi connectivity index (χ3v) is 5.18. The zero-order chi connectivity index (χ0) is 19.1. The van der Waals surface area contributed by atoms with Crippen LogP contribution in [-0.4, -0.2) is 43.0 Å². The number of benzene rings is 1. The molecule has 0 spiro atoms. The van der Waals surface area contributed by atoms with Crippen LogP contribution < -0.4 is 10.2 Å². The first kappa shape index (κ1) is 19.2. The highest BCUT2D eigenvalue weighted by Gasteiger charge is 2.12. The smallest absolute Gasteiger partial charge is 0.194 e. The molecule has 0 amide bonds. The van der Waals surface area contributed by atoms with Crippen LogP contribution in [0, 0.1) is 6.92 Å². The number of hydrogen-bond donors (Lipinski definition) is 1. The fourth-order valence-corrected chi connectivity index (χ4v) is 3.56. The van der Waals surface area contributed by atoms with E-state index in [0.29, 0.717) is 6.54 Å². The minimum atomic E-state index is 0.678. The Balaban J connectivity index is 1.56. The van der Waals surface area contributed by atoms with Crippen molar-refractivity contribution < 1.29 is 0 Å². The molecule has 0 unspecified atom stereocenters. The molecule has 0 atom stereocenters. The van der Waals surface area contributed by atoms with Gasteiger partial charge in [0.15, 0.2) is 5.96 Å². The van der Waals surface area contributed by atoms with Crippen molar-refractivity contribution in [1.29, 1.82) is 0 Å². The van der Waals surface area contributed by atoms with E-state index in [2.05, 4.69) is 69.4 Å². The van der Waals surface area contributed by atoms with E-state index in [1.54, 1.807) is 0 Å². The molecule has 0 bridgehead atoms. The highest BCUT2D eigenvalue weighted by molar-refractivity contribution is 5.79. The van der Waals surface area contributed by atoms with Crippen molar-refractivity contribution in [2.75, 3.05) is 32.1 Å². The van der Waals surface area contributed by atoms with Gasteiger partial charge in [-0.3, -0.25) is 9.98 Å². The fourth-order valence-electron chi connectivity index (χ4n) is 3.56. The molecular formula is C22H31N5. The lowest BCUT2D eigenvalue weighted by Crippen LogP contribution is -2.38. The molecule has 2 aromatic rings. The van der Waals surface area contributed by atoms with Crippen LogP contribution in [0.5, 0.6) is 0 Å². The first-order chi connectivity index (χ1) is 13.2. The summed E-state index contributed by atoms with van der Waals surface area (Å²) in [5, 5.41) is 3.41. The second kappa shape index (κ2) is 9.40. The van der Waals surface area contributed by atoms with Crippen molar-refractivity contribution in [1.82, 2.24) is 15.2 Å². The molecule has 1 aliphatic heterocycles. The average molecular weight is 366 g/mol. The number of aromatic nitrogens is 1. The Bertz CT molecular complexity index is 748. The summed E-state index contributed by atoms with van der Waals surface area (Å²) in [6.07, 6.45) is 5.81. The molecule has 0 aliphatic carbocycles. The minimum absolute atomic E-state index is 0.678. The summed E-state index contributed by atoms with van der Waals surface area (Å²) in [6, 6.07) is 13.0. The van der Waals surface area contributed by atoms with E-state index in [-0.39, 0.29) is 0 Å². The molecule has 3 rings (SSSR count). The van der Waals surface area contributed by atoms with Crippen LogP contribution in [0.1, 0.15) is 36.1 Å². The van der Waals surface area contributed by atoms with Gasteiger partial charge >= 0.3 is 0 Å². The first-order valence-electron chi connectivity index (χ1n) is 9.83. The summed E-state index contributed by atoms with van der Waals surface area (Å²) in [6.45, 7) is 5.95. The summed E-state index contributed by atoms with van der Waals surface area (Å²) < 4.78 is 0. The second-order valence-corrected chi connectivity index (χ2v) is 7.24. The van der Waals surface area contributed by atoms with Gasteiger partial charge in [-0.05, 0) is 55.5 Å². The summed E-state index contributed by atoms with van der Waals surface area (Å²) in [7, 11) is 3.89. The van der Waals surface area contributed by atoms with Gasteiger partial charge in [-0.25, -0.2) is 0 Å². The molecule has 27 heavy (non-hydrogen) atoms. The van der Waals surface area contributed by atoms with Crippen LogP contribution in [0.25, 0.3) is 0 Å². The van der Waals surface area contributed by atoms with E-state index in [1.165, 1.54) is 49.2 Å². The number of guanidine groups is 1. The predicted molar refractivity (Wildman–Crippen MR) is 113 cm³/mol. The number of anilines is 1. The quantitative estimate of drug-likeness (QED) is 0.650. The summed E-state index contributed by atoms with van der Waals surface area (Å²) >= 11 is 0. The Morgan fingerprint density at radius 2 is 1.89 bits per heavy atom. The maximum absolute atomic E-state index is 4.44. The van der Waals surface area contributed by atoms with E-state index in [1.807, 2.05) is 19.3 Å². The molecule has 144 valence electrons. The largest absolute Gasteiger partial charge is 0.372 e.